The monoisotopic (exact) mass is 1170 g/mol. The molecule has 0 heterocycles. The van der Waals surface area contributed by atoms with Gasteiger partial charge in [-0.15, -0.1) is 95.1 Å². The van der Waals surface area contributed by atoms with Gasteiger partial charge >= 0.3 is 142 Å². The molecule has 0 spiro atoms. The maximum Gasteiger partial charge on any atom is -1.00 e. The third kappa shape index (κ3) is 22.2. The fraction of sp³-hybridized carbons (Fsp3) is 0.212. The van der Waals surface area contributed by atoms with Crippen LogP contribution in [0.4, 0.5) is 0 Å². The summed E-state index contributed by atoms with van der Waals surface area (Å²) in [7, 11) is 0. The van der Waals surface area contributed by atoms with Crippen LogP contribution in [-0.2, 0) is 72.4 Å². The third-order valence-corrected chi connectivity index (χ3v) is 18.4. The zero-order valence-corrected chi connectivity index (χ0v) is 51.5. The minimum Gasteiger partial charge on any atom is -1.00 e. The molecular formula is C66H68Cl2Si2Zr2-2. The Morgan fingerprint density at radius 2 is 0.583 bits per heavy atom. The minimum absolute atomic E-state index is 0. The van der Waals surface area contributed by atoms with E-state index in [0.29, 0.717) is 0 Å². The fourth-order valence-corrected chi connectivity index (χ4v) is 11.5. The Labute approximate surface area is 477 Å². The van der Waals surface area contributed by atoms with Crippen LogP contribution >= 0.6 is 0 Å². The Morgan fingerprint density at radius 3 is 0.750 bits per heavy atom. The molecule has 4 aliphatic rings. The number of rotatable bonds is 10. The Bertz CT molecular complexity index is 2520. The summed E-state index contributed by atoms with van der Waals surface area (Å²) in [5, 5.41) is 3.11. The number of hydrogen-bond acceptors (Lipinski definition) is 0. The zero-order chi connectivity index (χ0) is 49.8. The molecule has 0 bridgehead atoms. The Kier molecular flexibility index (Phi) is 31.2. The van der Waals surface area contributed by atoms with E-state index in [1.165, 1.54) is 66.8 Å². The molecule has 0 N–H and O–H groups in total. The van der Waals surface area contributed by atoms with Crippen LogP contribution in [0.15, 0.2) is 206 Å². The molecular weight excluding hydrogens is 1100 g/mol. The largest absolute Gasteiger partial charge is 1.00 e. The molecule has 4 aliphatic carbocycles. The summed E-state index contributed by atoms with van der Waals surface area (Å²) >= 11 is 3.38. The smallest absolute Gasteiger partial charge is 1.00 e. The Hall–Kier alpha value is -3.98. The van der Waals surface area contributed by atoms with Crippen molar-refractivity contribution in [2.24, 2.45) is 0 Å². The molecule has 0 radical (unpaired) electrons. The van der Waals surface area contributed by atoms with E-state index in [0.717, 1.165) is 51.4 Å². The van der Waals surface area contributed by atoms with Gasteiger partial charge in [-0.2, -0.15) is 70.9 Å². The van der Waals surface area contributed by atoms with Crippen LogP contribution in [-0.4, -0.2) is 10.9 Å². The van der Waals surface area contributed by atoms with Crippen LogP contribution in [0.2, 0.25) is 13.1 Å². The van der Waals surface area contributed by atoms with Gasteiger partial charge in [0.05, 0.1) is 0 Å². The molecule has 72 heavy (non-hydrogen) atoms. The summed E-state index contributed by atoms with van der Waals surface area (Å²) < 4.78 is 0. The maximum atomic E-state index is 3.33. The van der Waals surface area contributed by atoms with Gasteiger partial charge < -0.3 is 24.8 Å². The summed E-state index contributed by atoms with van der Waals surface area (Å²) in [6.45, 7) is 13.4. The second kappa shape index (κ2) is 36.0. The maximum absolute atomic E-state index is 3.33. The standard InChI is InChI=1S/4C13H13.2C7H8Si.2ClH.2Zr/c4*1-2-11-6-5-9-13(10-11)12-7-3-4-8-12;2*1-8-7-5-3-2-4-6-7;;;;/h4*3,5-7,9-10H,2,4H2,1H3;2*2-6H,1H3;2*1H;;/q4*-1;;;;;2*+2/p-2. The molecule has 0 aromatic heterocycles. The van der Waals surface area contributed by atoms with E-state index in [2.05, 4.69) is 271 Å². The summed E-state index contributed by atoms with van der Waals surface area (Å²) in [5.74, 6) is 0. The van der Waals surface area contributed by atoms with E-state index in [-0.39, 0.29) is 35.7 Å². The van der Waals surface area contributed by atoms with Gasteiger partial charge in [-0.05, 0) is 25.7 Å². The molecule has 0 nitrogen and oxygen atoms in total. The van der Waals surface area contributed by atoms with Crippen molar-refractivity contribution in [2.45, 2.75) is 92.2 Å². The fourth-order valence-electron chi connectivity index (χ4n) is 7.62. The van der Waals surface area contributed by atoms with E-state index >= 15 is 0 Å². The van der Waals surface area contributed by atoms with Crippen molar-refractivity contribution in [1.82, 2.24) is 0 Å². The van der Waals surface area contributed by atoms with Gasteiger partial charge in [0.2, 0.25) is 0 Å². The number of hydrogen-bond donors (Lipinski definition) is 0. The molecule has 0 atom stereocenters. The summed E-state index contributed by atoms with van der Waals surface area (Å²) in [6, 6.07) is 56.3. The number of aryl methyl sites for hydroxylation is 4. The summed E-state index contributed by atoms with van der Waals surface area (Å²) in [6.07, 6.45) is 38.8. The molecule has 6 heteroatoms. The SMILES string of the molecule is CCc1cccc(C2=[C-]CC=C2)c1.CCc1cccc(C2=[C-]CC=C2)c1.CCc1cccc(C2=[C-]CC=C2)c1.CCc1cccc(C2=[C-]CC=C2)c1.C[Si](=[Zr+2])c1ccccc1.C[Si](=[Zr+2])c1ccccc1.[Cl-].[Cl-]. The second-order valence-electron chi connectivity index (χ2n) is 17.0. The van der Waals surface area contributed by atoms with Gasteiger partial charge in [0.25, 0.3) is 0 Å². The average molecular weight is 1170 g/mol. The van der Waals surface area contributed by atoms with Gasteiger partial charge in [-0.25, -0.2) is 0 Å². The predicted octanol–water partition coefficient (Wildman–Crippen LogP) is 9.71. The first kappa shape index (κ1) is 62.3. The summed E-state index contributed by atoms with van der Waals surface area (Å²) in [5.41, 5.74) is 15.5. The molecule has 0 fully saturated rings. The van der Waals surface area contributed by atoms with Gasteiger partial charge in [0.1, 0.15) is 0 Å². The quantitative estimate of drug-likeness (QED) is 0.0948. The van der Waals surface area contributed by atoms with Crippen LogP contribution in [0.5, 0.6) is 0 Å². The van der Waals surface area contributed by atoms with Crippen LogP contribution < -0.4 is 35.2 Å². The third-order valence-electron chi connectivity index (χ3n) is 11.8. The van der Waals surface area contributed by atoms with Crippen LogP contribution in [0, 0.1) is 24.3 Å². The van der Waals surface area contributed by atoms with E-state index in [9.17, 15) is 0 Å². The van der Waals surface area contributed by atoms with Crippen molar-refractivity contribution in [3.63, 3.8) is 0 Å². The van der Waals surface area contributed by atoms with Crippen molar-refractivity contribution >= 4 is 43.5 Å². The molecule has 10 rings (SSSR count). The topological polar surface area (TPSA) is 0 Å². The second-order valence-corrected chi connectivity index (χ2v) is 31.7. The van der Waals surface area contributed by atoms with E-state index in [1.807, 2.05) is 0 Å². The summed E-state index contributed by atoms with van der Waals surface area (Å²) in [4.78, 5) is 0. The van der Waals surface area contributed by atoms with Crippen molar-refractivity contribution < 1.29 is 71.5 Å². The first-order valence-corrected chi connectivity index (χ1v) is 36.3. The molecule has 0 saturated heterocycles. The molecule has 6 aromatic rings. The number of halogens is 2. The van der Waals surface area contributed by atoms with Crippen molar-refractivity contribution in [3.05, 3.63) is 275 Å². The predicted molar refractivity (Wildman–Crippen MR) is 300 cm³/mol. The Morgan fingerprint density at radius 1 is 0.347 bits per heavy atom. The van der Waals surface area contributed by atoms with E-state index < -0.39 is 0 Å². The normalized spacial score (nSPS) is 12.9. The molecule has 364 valence electrons. The van der Waals surface area contributed by atoms with Gasteiger partial charge in [-0.3, -0.25) is 0 Å². The van der Waals surface area contributed by atoms with Gasteiger partial charge in [-0.1, -0.05) is 124 Å². The molecule has 6 aromatic carbocycles. The molecule has 0 amide bonds. The van der Waals surface area contributed by atoms with Gasteiger partial charge in [0.15, 0.2) is 0 Å². The first-order chi connectivity index (χ1) is 34.2. The van der Waals surface area contributed by atoms with Crippen molar-refractivity contribution in [1.29, 1.82) is 0 Å². The van der Waals surface area contributed by atoms with E-state index in [1.54, 1.807) is 57.0 Å². The Balaban J connectivity index is 0.000000228. The molecule has 0 aliphatic heterocycles. The van der Waals surface area contributed by atoms with Crippen molar-refractivity contribution in [2.75, 3.05) is 0 Å². The van der Waals surface area contributed by atoms with Gasteiger partial charge in [0, 0.05) is 0 Å². The average Bonchev–Trinajstić information content (AvgIpc) is 4.30. The molecule has 0 saturated carbocycles. The van der Waals surface area contributed by atoms with Crippen LogP contribution in [0.3, 0.4) is 0 Å². The number of benzene rings is 6. The zero-order valence-electron chi connectivity index (χ0n) is 43.0. The molecule has 0 unspecified atom stereocenters. The number of allylic oxidation sites excluding steroid dienone is 16. The first-order valence-electron chi connectivity index (χ1n) is 24.9. The van der Waals surface area contributed by atoms with E-state index in [4.69, 9.17) is 0 Å². The van der Waals surface area contributed by atoms with Crippen LogP contribution in [0.25, 0.3) is 22.3 Å². The minimum atomic E-state index is -0.122. The van der Waals surface area contributed by atoms with Crippen LogP contribution in [0.1, 0.15) is 97.9 Å². The van der Waals surface area contributed by atoms with Crippen molar-refractivity contribution in [3.8, 4) is 0 Å².